The summed E-state index contributed by atoms with van der Waals surface area (Å²) in [7, 11) is 0. The Morgan fingerprint density at radius 3 is 2.86 bits per heavy atom. The van der Waals surface area contributed by atoms with Crippen molar-refractivity contribution in [3.05, 3.63) is 17.7 Å². The van der Waals surface area contributed by atoms with Gasteiger partial charge in [-0.15, -0.1) is 0 Å². The van der Waals surface area contributed by atoms with Gasteiger partial charge in [0.25, 0.3) is 0 Å². The van der Waals surface area contributed by atoms with E-state index < -0.39 is 0 Å². The molecule has 0 saturated carbocycles. The van der Waals surface area contributed by atoms with Crippen LogP contribution in [0, 0.1) is 0 Å². The number of phenols is 2. The highest BCUT2D eigenvalue weighted by Gasteiger charge is 2.27. The minimum Gasteiger partial charge on any atom is -0.508 e. The molecule has 0 aliphatic carbocycles. The summed E-state index contributed by atoms with van der Waals surface area (Å²) >= 11 is 0. The molecule has 0 amide bonds. The number of ether oxygens (including phenoxy) is 1. The Morgan fingerprint density at radius 1 is 1.43 bits per heavy atom. The van der Waals surface area contributed by atoms with Gasteiger partial charge in [-0.1, -0.05) is 0 Å². The van der Waals surface area contributed by atoms with Crippen LogP contribution in [0.3, 0.4) is 0 Å². The standard InChI is InChI=1S/C10H10O4/c1-5-2-7(12)10-8(13)3-6(11)4-9(10)14-5/h3-5,11,13H,2H2,1H3/t5-/m1/s1. The van der Waals surface area contributed by atoms with Crippen LogP contribution in [0.5, 0.6) is 17.2 Å². The van der Waals surface area contributed by atoms with E-state index in [0.29, 0.717) is 0 Å². The fraction of sp³-hybridized carbons (Fsp3) is 0.300. The lowest BCUT2D eigenvalue weighted by molar-refractivity contribution is 0.0866. The summed E-state index contributed by atoms with van der Waals surface area (Å²) in [4.78, 5) is 11.5. The van der Waals surface area contributed by atoms with Crippen molar-refractivity contribution in [2.45, 2.75) is 19.4 Å². The largest absolute Gasteiger partial charge is 0.508 e. The lowest BCUT2D eigenvalue weighted by Crippen LogP contribution is -2.23. The molecule has 0 bridgehead atoms. The fourth-order valence-electron chi connectivity index (χ4n) is 1.58. The molecule has 1 aromatic carbocycles. The molecule has 0 fully saturated rings. The SMILES string of the molecule is C[C@@H]1CC(=O)c2c(O)cc(O)cc2O1. The molecule has 0 aromatic heterocycles. The van der Waals surface area contributed by atoms with Gasteiger partial charge >= 0.3 is 0 Å². The van der Waals surface area contributed by atoms with Crippen molar-refractivity contribution in [1.82, 2.24) is 0 Å². The molecule has 14 heavy (non-hydrogen) atoms. The molecule has 0 unspecified atom stereocenters. The van der Waals surface area contributed by atoms with Gasteiger partial charge in [0.1, 0.15) is 28.9 Å². The number of rotatable bonds is 0. The molecule has 1 heterocycles. The minimum atomic E-state index is -0.225. The van der Waals surface area contributed by atoms with Crippen molar-refractivity contribution in [3.63, 3.8) is 0 Å². The molecular weight excluding hydrogens is 184 g/mol. The van der Waals surface area contributed by atoms with Gasteiger partial charge in [-0.2, -0.15) is 0 Å². The Balaban J connectivity index is 2.59. The normalized spacial score (nSPS) is 20.1. The van der Waals surface area contributed by atoms with Crippen molar-refractivity contribution in [2.24, 2.45) is 0 Å². The van der Waals surface area contributed by atoms with E-state index >= 15 is 0 Å². The smallest absolute Gasteiger partial charge is 0.174 e. The van der Waals surface area contributed by atoms with E-state index in [2.05, 4.69) is 0 Å². The third-order valence-electron chi connectivity index (χ3n) is 2.15. The van der Waals surface area contributed by atoms with Crippen LogP contribution < -0.4 is 4.74 Å². The monoisotopic (exact) mass is 194 g/mol. The average molecular weight is 194 g/mol. The van der Waals surface area contributed by atoms with E-state index in [4.69, 9.17) is 4.74 Å². The van der Waals surface area contributed by atoms with E-state index in [-0.39, 0.29) is 41.1 Å². The highest BCUT2D eigenvalue weighted by molar-refractivity contribution is 6.02. The first-order chi connectivity index (χ1) is 6.58. The number of ketones is 1. The lowest BCUT2D eigenvalue weighted by atomic mass is 10.0. The van der Waals surface area contributed by atoms with Gasteiger partial charge < -0.3 is 14.9 Å². The molecule has 4 nitrogen and oxygen atoms in total. The van der Waals surface area contributed by atoms with Crippen LogP contribution in [0.2, 0.25) is 0 Å². The van der Waals surface area contributed by atoms with Gasteiger partial charge in [0, 0.05) is 18.6 Å². The molecule has 2 N–H and O–H groups in total. The van der Waals surface area contributed by atoms with Crippen molar-refractivity contribution < 1.29 is 19.7 Å². The molecule has 4 heteroatoms. The number of hydrogen-bond donors (Lipinski definition) is 2. The maximum atomic E-state index is 11.5. The predicted octanol–water partition coefficient (Wildman–Crippen LogP) is 1.45. The van der Waals surface area contributed by atoms with Crippen molar-refractivity contribution in [3.8, 4) is 17.2 Å². The molecule has 1 aliphatic heterocycles. The summed E-state index contributed by atoms with van der Waals surface area (Å²) in [6.45, 7) is 1.77. The predicted molar refractivity (Wildman–Crippen MR) is 48.8 cm³/mol. The number of Topliss-reactive ketones (excluding diaryl/α,β-unsaturated/α-hetero) is 1. The molecule has 0 radical (unpaired) electrons. The first-order valence-corrected chi connectivity index (χ1v) is 4.34. The number of carbonyl (C=O) groups is 1. The highest BCUT2D eigenvalue weighted by atomic mass is 16.5. The molecule has 1 aromatic rings. The summed E-state index contributed by atoms with van der Waals surface area (Å²) in [5.41, 5.74) is 0.168. The van der Waals surface area contributed by atoms with Gasteiger partial charge in [-0.05, 0) is 6.92 Å². The quantitative estimate of drug-likeness (QED) is 0.656. The van der Waals surface area contributed by atoms with Crippen molar-refractivity contribution in [1.29, 1.82) is 0 Å². The van der Waals surface area contributed by atoms with Crippen LogP contribution in [-0.4, -0.2) is 22.1 Å². The number of benzene rings is 1. The van der Waals surface area contributed by atoms with Crippen LogP contribution in [0.25, 0.3) is 0 Å². The Hall–Kier alpha value is -1.71. The van der Waals surface area contributed by atoms with Crippen LogP contribution in [0.1, 0.15) is 23.7 Å². The molecular formula is C10H10O4. The van der Waals surface area contributed by atoms with Gasteiger partial charge in [-0.25, -0.2) is 0 Å². The van der Waals surface area contributed by atoms with Gasteiger partial charge in [0.15, 0.2) is 5.78 Å². The minimum absolute atomic E-state index is 0.108. The van der Waals surface area contributed by atoms with Gasteiger partial charge in [0.2, 0.25) is 0 Å². The Bertz CT molecular complexity index is 397. The van der Waals surface area contributed by atoms with Crippen LogP contribution in [0.4, 0.5) is 0 Å². The second kappa shape index (κ2) is 2.90. The Kier molecular flexibility index (Phi) is 1.84. The van der Waals surface area contributed by atoms with E-state index in [1.54, 1.807) is 6.92 Å². The third kappa shape index (κ3) is 1.28. The third-order valence-corrected chi connectivity index (χ3v) is 2.15. The number of aromatic hydroxyl groups is 2. The summed E-state index contributed by atoms with van der Waals surface area (Å²) < 4.78 is 5.32. The first-order valence-electron chi connectivity index (χ1n) is 4.34. The zero-order chi connectivity index (χ0) is 10.3. The Labute approximate surface area is 80.7 Å². The van der Waals surface area contributed by atoms with E-state index in [0.717, 1.165) is 6.07 Å². The zero-order valence-electron chi connectivity index (χ0n) is 7.65. The number of fused-ring (bicyclic) bond motifs is 1. The van der Waals surface area contributed by atoms with Gasteiger partial charge in [0.05, 0.1) is 0 Å². The van der Waals surface area contributed by atoms with Crippen molar-refractivity contribution >= 4 is 5.78 Å². The maximum absolute atomic E-state index is 11.5. The van der Waals surface area contributed by atoms with Crippen molar-refractivity contribution in [2.75, 3.05) is 0 Å². The topological polar surface area (TPSA) is 66.8 Å². The molecule has 74 valence electrons. The summed E-state index contributed by atoms with van der Waals surface area (Å²) in [6.07, 6.45) is 0.0434. The first kappa shape index (κ1) is 8.87. The summed E-state index contributed by atoms with van der Waals surface area (Å²) in [5, 5.41) is 18.6. The van der Waals surface area contributed by atoms with Crippen LogP contribution >= 0.6 is 0 Å². The second-order valence-electron chi connectivity index (χ2n) is 3.39. The molecule has 1 aliphatic rings. The number of hydrogen-bond acceptors (Lipinski definition) is 4. The van der Waals surface area contributed by atoms with E-state index in [1.807, 2.05) is 0 Å². The molecule has 0 saturated heterocycles. The second-order valence-corrected chi connectivity index (χ2v) is 3.39. The van der Waals surface area contributed by atoms with Crippen LogP contribution in [-0.2, 0) is 0 Å². The van der Waals surface area contributed by atoms with E-state index in [1.165, 1.54) is 6.07 Å². The lowest BCUT2D eigenvalue weighted by Gasteiger charge is -2.22. The average Bonchev–Trinajstić information content (AvgIpc) is 1.99. The number of carbonyl (C=O) groups excluding carboxylic acids is 1. The highest BCUT2D eigenvalue weighted by Crippen LogP contribution is 2.37. The number of phenolic OH excluding ortho intramolecular Hbond substituents is 2. The Morgan fingerprint density at radius 2 is 2.14 bits per heavy atom. The summed E-state index contributed by atoms with van der Waals surface area (Å²) in [6, 6.07) is 2.47. The fourth-order valence-corrected chi connectivity index (χ4v) is 1.58. The summed E-state index contributed by atoms with van der Waals surface area (Å²) in [5.74, 6) is -0.234. The molecule has 2 rings (SSSR count). The van der Waals surface area contributed by atoms with Gasteiger partial charge in [-0.3, -0.25) is 4.79 Å². The van der Waals surface area contributed by atoms with Crippen LogP contribution in [0.15, 0.2) is 12.1 Å². The van der Waals surface area contributed by atoms with E-state index in [9.17, 15) is 15.0 Å². The molecule has 0 spiro atoms. The maximum Gasteiger partial charge on any atom is 0.174 e. The zero-order valence-corrected chi connectivity index (χ0v) is 7.65. The molecule has 1 atom stereocenters.